The molecule has 1 aromatic rings. The van der Waals surface area contributed by atoms with Crippen molar-refractivity contribution in [2.24, 2.45) is 0 Å². The minimum absolute atomic E-state index is 0.0545. The second kappa shape index (κ2) is 8.11. The second-order valence-electron chi connectivity index (χ2n) is 4.11. The van der Waals surface area contributed by atoms with Crippen LogP contribution in [0.25, 0.3) is 0 Å². The van der Waals surface area contributed by atoms with E-state index in [9.17, 15) is 14.9 Å². The van der Waals surface area contributed by atoms with Crippen molar-refractivity contribution in [3.8, 4) is 0 Å². The van der Waals surface area contributed by atoms with E-state index in [1.807, 2.05) is 6.92 Å². The first-order valence-electron chi connectivity index (χ1n) is 6.41. The summed E-state index contributed by atoms with van der Waals surface area (Å²) in [7, 11) is 1.27. The first-order chi connectivity index (χ1) is 9.60. The van der Waals surface area contributed by atoms with E-state index in [-0.39, 0.29) is 11.3 Å². The molecule has 1 aromatic carbocycles. The van der Waals surface area contributed by atoms with Gasteiger partial charge in [0.2, 0.25) is 0 Å². The van der Waals surface area contributed by atoms with Crippen LogP contribution in [0, 0.1) is 10.1 Å². The van der Waals surface area contributed by atoms with E-state index in [0.29, 0.717) is 12.2 Å². The number of hydrogen-bond acceptors (Lipinski definition) is 6. The molecule has 0 aliphatic heterocycles. The third-order valence-electron chi connectivity index (χ3n) is 2.71. The molecule has 0 heterocycles. The van der Waals surface area contributed by atoms with Gasteiger partial charge < -0.3 is 15.4 Å². The van der Waals surface area contributed by atoms with Gasteiger partial charge in [0.05, 0.1) is 17.6 Å². The van der Waals surface area contributed by atoms with E-state index in [0.717, 1.165) is 19.5 Å². The molecule has 0 aliphatic rings. The van der Waals surface area contributed by atoms with E-state index in [1.165, 1.54) is 25.3 Å². The highest BCUT2D eigenvalue weighted by Gasteiger charge is 2.16. The number of ether oxygens (including phenoxy) is 1. The van der Waals surface area contributed by atoms with Crippen LogP contribution in [0.2, 0.25) is 0 Å². The first kappa shape index (κ1) is 15.9. The summed E-state index contributed by atoms with van der Waals surface area (Å²) in [5.74, 6) is -0.518. The summed E-state index contributed by atoms with van der Waals surface area (Å²) in [6, 6.07) is 4.13. The number of carbonyl (C=O) groups excluding carboxylic acids is 1. The summed E-state index contributed by atoms with van der Waals surface area (Å²) in [5, 5.41) is 17.1. The Morgan fingerprint density at radius 3 is 2.75 bits per heavy atom. The standard InChI is InChI=1S/C13H19N3O4/c1-3-14-7-4-8-15-11-9-10(13(17)20-2)5-6-12(11)16(18)19/h5-6,9,14-15H,3-4,7-8H2,1-2H3. The maximum atomic E-state index is 11.4. The van der Waals surface area contributed by atoms with Crippen molar-refractivity contribution in [2.45, 2.75) is 13.3 Å². The van der Waals surface area contributed by atoms with Crippen LogP contribution < -0.4 is 10.6 Å². The van der Waals surface area contributed by atoms with Crippen molar-refractivity contribution in [3.05, 3.63) is 33.9 Å². The van der Waals surface area contributed by atoms with Crippen molar-refractivity contribution in [1.29, 1.82) is 0 Å². The molecule has 0 unspecified atom stereocenters. The number of carbonyl (C=O) groups is 1. The van der Waals surface area contributed by atoms with Gasteiger partial charge in [-0.15, -0.1) is 0 Å². The summed E-state index contributed by atoms with van der Waals surface area (Å²) in [5.41, 5.74) is 0.558. The van der Waals surface area contributed by atoms with Gasteiger partial charge >= 0.3 is 5.97 Å². The normalized spacial score (nSPS) is 10.1. The zero-order chi connectivity index (χ0) is 15.0. The summed E-state index contributed by atoms with van der Waals surface area (Å²) >= 11 is 0. The largest absolute Gasteiger partial charge is 0.465 e. The van der Waals surface area contributed by atoms with Gasteiger partial charge in [-0.3, -0.25) is 10.1 Å². The lowest BCUT2D eigenvalue weighted by Gasteiger charge is -2.08. The molecule has 0 aliphatic carbocycles. The Hall–Kier alpha value is -2.15. The van der Waals surface area contributed by atoms with Gasteiger partial charge in [0.1, 0.15) is 5.69 Å². The first-order valence-corrected chi connectivity index (χ1v) is 6.41. The zero-order valence-corrected chi connectivity index (χ0v) is 11.6. The molecule has 0 fully saturated rings. The Morgan fingerprint density at radius 2 is 2.15 bits per heavy atom. The molecular formula is C13H19N3O4. The Bertz CT molecular complexity index is 477. The number of nitrogens with zero attached hydrogens (tertiary/aromatic N) is 1. The lowest BCUT2D eigenvalue weighted by Crippen LogP contribution is -2.17. The van der Waals surface area contributed by atoms with E-state index in [2.05, 4.69) is 15.4 Å². The molecular weight excluding hydrogens is 262 g/mol. The fraction of sp³-hybridized carbons (Fsp3) is 0.462. The molecule has 0 bridgehead atoms. The maximum absolute atomic E-state index is 11.4. The highest BCUT2D eigenvalue weighted by atomic mass is 16.6. The SMILES string of the molecule is CCNCCCNc1cc(C(=O)OC)ccc1[N+](=O)[O-]. The van der Waals surface area contributed by atoms with Crippen molar-refractivity contribution in [3.63, 3.8) is 0 Å². The minimum Gasteiger partial charge on any atom is -0.465 e. The van der Waals surface area contributed by atoms with Gasteiger partial charge in [0.15, 0.2) is 0 Å². The highest BCUT2D eigenvalue weighted by Crippen LogP contribution is 2.25. The smallest absolute Gasteiger partial charge is 0.337 e. The quantitative estimate of drug-likeness (QED) is 0.326. The summed E-state index contributed by atoms with van der Waals surface area (Å²) in [6.45, 7) is 4.31. The molecule has 7 heteroatoms. The average molecular weight is 281 g/mol. The number of methoxy groups -OCH3 is 1. The van der Waals surface area contributed by atoms with Crippen molar-refractivity contribution in [2.75, 3.05) is 32.1 Å². The van der Waals surface area contributed by atoms with Crippen molar-refractivity contribution < 1.29 is 14.5 Å². The minimum atomic E-state index is -0.518. The number of anilines is 1. The lowest BCUT2D eigenvalue weighted by atomic mass is 10.1. The number of esters is 1. The third kappa shape index (κ3) is 4.51. The van der Waals surface area contributed by atoms with E-state index >= 15 is 0 Å². The third-order valence-corrected chi connectivity index (χ3v) is 2.71. The van der Waals surface area contributed by atoms with Crippen LogP contribution in [0.15, 0.2) is 18.2 Å². The predicted octanol–water partition coefficient (Wildman–Crippen LogP) is 1.79. The van der Waals surface area contributed by atoms with Crippen LogP contribution >= 0.6 is 0 Å². The van der Waals surface area contributed by atoms with E-state index < -0.39 is 10.9 Å². The Balaban J connectivity index is 2.78. The molecule has 0 radical (unpaired) electrons. The topological polar surface area (TPSA) is 93.5 Å². The Kier molecular flexibility index (Phi) is 6.45. The zero-order valence-electron chi connectivity index (χ0n) is 11.6. The lowest BCUT2D eigenvalue weighted by molar-refractivity contribution is -0.384. The van der Waals surface area contributed by atoms with Gasteiger partial charge in [0, 0.05) is 12.6 Å². The average Bonchev–Trinajstić information content (AvgIpc) is 2.45. The molecule has 0 amide bonds. The maximum Gasteiger partial charge on any atom is 0.337 e. The fourth-order valence-electron chi connectivity index (χ4n) is 1.69. The van der Waals surface area contributed by atoms with Crippen molar-refractivity contribution in [1.82, 2.24) is 5.32 Å². The van der Waals surface area contributed by atoms with Gasteiger partial charge in [-0.25, -0.2) is 4.79 Å². The number of hydrogen-bond donors (Lipinski definition) is 2. The molecule has 0 spiro atoms. The number of rotatable bonds is 8. The highest BCUT2D eigenvalue weighted by molar-refractivity contribution is 5.91. The molecule has 110 valence electrons. The van der Waals surface area contributed by atoms with E-state index in [1.54, 1.807) is 0 Å². The molecule has 1 rings (SSSR count). The van der Waals surface area contributed by atoms with Gasteiger partial charge in [-0.1, -0.05) is 6.92 Å². The summed E-state index contributed by atoms with van der Waals surface area (Å²) in [4.78, 5) is 21.9. The van der Waals surface area contributed by atoms with E-state index in [4.69, 9.17) is 0 Å². The number of nitro groups is 1. The van der Waals surface area contributed by atoms with Gasteiger partial charge in [-0.2, -0.15) is 0 Å². The molecule has 20 heavy (non-hydrogen) atoms. The van der Waals surface area contributed by atoms with Crippen LogP contribution in [0.4, 0.5) is 11.4 Å². The molecule has 0 saturated carbocycles. The van der Waals surface area contributed by atoms with Crippen LogP contribution in [-0.2, 0) is 4.74 Å². The summed E-state index contributed by atoms with van der Waals surface area (Å²) < 4.78 is 4.60. The van der Waals surface area contributed by atoms with Crippen molar-refractivity contribution >= 4 is 17.3 Å². The summed E-state index contributed by atoms with van der Waals surface area (Å²) in [6.07, 6.45) is 0.827. The van der Waals surface area contributed by atoms with Crippen LogP contribution in [0.3, 0.4) is 0 Å². The van der Waals surface area contributed by atoms with Gasteiger partial charge in [0.25, 0.3) is 5.69 Å². The fourth-order valence-corrected chi connectivity index (χ4v) is 1.69. The van der Waals surface area contributed by atoms with Crippen LogP contribution in [0.1, 0.15) is 23.7 Å². The van der Waals surface area contributed by atoms with Crippen LogP contribution in [0.5, 0.6) is 0 Å². The molecule has 7 nitrogen and oxygen atoms in total. The Morgan fingerprint density at radius 1 is 1.40 bits per heavy atom. The molecule has 0 saturated heterocycles. The molecule has 2 N–H and O–H groups in total. The second-order valence-corrected chi connectivity index (χ2v) is 4.11. The monoisotopic (exact) mass is 281 g/mol. The van der Waals surface area contributed by atoms with Gasteiger partial charge in [-0.05, 0) is 31.6 Å². The molecule has 0 aromatic heterocycles. The predicted molar refractivity (Wildman–Crippen MR) is 76.1 cm³/mol. The Labute approximate surface area is 117 Å². The number of benzene rings is 1. The van der Waals surface area contributed by atoms with Crippen LogP contribution in [-0.4, -0.2) is 37.6 Å². The number of nitro benzene ring substituents is 1. The molecule has 0 atom stereocenters. The number of nitrogens with one attached hydrogen (secondary N) is 2.